The van der Waals surface area contributed by atoms with Crippen molar-refractivity contribution in [2.45, 2.75) is 18.9 Å². The van der Waals surface area contributed by atoms with E-state index in [2.05, 4.69) is 20.6 Å². The van der Waals surface area contributed by atoms with Gasteiger partial charge in [0, 0.05) is 24.2 Å². The van der Waals surface area contributed by atoms with Gasteiger partial charge < -0.3 is 16.4 Å². The van der Waals surface area contributed by atoms with E-state index in [-0.39, 0.29) is 36.8 Å². The van der Waals surface area contributed by atoms with Crippen LogP contribution in [0.4, 0.5) is 10.9 Å². The van der Waals surface area contributed by atoms with Gasteiger partial charge in [0.1, 0.15) is 11.5 Å². The van der Waals surface area contributed by atoms with Gasteiger partial charge in [-0.05, 0) is 30.9 Å². The summed E-state index contributed by atoms with van der Waals surface area (Å²) in [6.45, 7) is 0.504. The molecule has 0 aromatic carbocycles. The second kappa shape index (κ2) is 9.02. The lowest BCUT2D eigenvalue weighted by atomic mass is 10.2. The molecule has 0 aliphatic heterocycles. The molecule has 23 heavy (non-hydrogen) atoms. The normalized spacial score (nSPS) is 14.1. The zero-order chi connectivity index (χ0) is 14.7. The number of nitrogens with two attached hydrogens (primary N) is 1. The van der Waals surface area contributed by atoms with Crippen molar-refractivity contribution in [3.05, 3.63) is 35.5 Å². The maximum Gasteiger partial charge on any atom is 0.270 e. The van der Waals surface area contributed by atoms with Gasteiger partial charge in [-0.2, -0.15) is 0 Å². The monoisotopic (exact) mass is 375 g/mol. The number of aromatic nitrogens is 2. The maximum atomic E-state index is 12.0. The summed E-state index contributed by atoms with van der Waals surface area (Å²) < 4.78 is 0. The first kappa shape index (κ1) is 19.6. The fourth-order valence-electron chi connectivity index (χ4n) is 1.97. The van der Waals surface area contributed by atoms with Gasteiger partial charge in [-0.1, -0.05) is 6.07 Å². The number of nitrogens with one attached hydrogen (secondary N) is 2. The number of carbonyl (C=O) groups is 1. The minimum atomic E-state index is -0.184. The highest BCUT2D eigenvalue weighted by atomic mass is 35.5. The molecule has 1 fully saturated rings. The summed E-state index contributed by atoms with van der Waals surface area (Å²) in [5, 5.41) is 8.27. The van der Waals surface area contributed by atoms with Gasteiger partial charge in [0.05, 0.1) is 0 Å². The first-order chi connectivity index (χ1) is 10.2. The summed E-state index contributed by atoms with van der Waals surface area (Å²) in [7, 11) is 0. The average Bonchev–Trinajstić information content (AvgIpc) is 3.26. The molecular weight excluding hydrogens is 357 g/mol. The van der Waals surface area contributed by atoms with E-state index in [0.29, 0.717) is 29.1 Å². The first-order valence-corrected chi connectivity index (χ1v) is 7.77. The number of hydrogen-bond donors (Lipinski definition) is 3. The lowest BCUT2D eigenvalue weighted by molar-refractivity contribution is 0.0946. The molecule has 1 atom stereocenters. The second-order valence-corrected chi connectivity index (χ2v) is 5.95. The minimum Gasteiger partial charge on any atom is -0.349 e. The topological polar surface area (TPSA) is 92.9 Å². The van der Waals surface area contributed by atoms with Crippen molar-refractivity contribution in [3.63, 3.8) is 0 Å². The molecular formula is C14H19Cl2N5OS. The number of pyridine rings is 1. The van der Waals surface area contributed by atoms with E-state index < -0.39 is 0 Å². The van der Waals surface area contributed by atoms with Gasteiger partial charge in [-0.25, -0.2) is 9.97 Å². The third-order valence-corrected chi connectivity index (χ3v) is 4.12. The summed E-state index contributed by atoms with van der Waals surface area (Å²) in [6, 6.07) is 5.62. The van der Waals surface area contributed by atoms with Gasteiger partial charge in [0.15, 0.2) is 5.13 Å². The Hall–Kier alpha value is -1.41. The van der Waals surface area contributed by atoms with Crippen LogP contribution >= 0.6 is 36.2 Å². The minimum absolute atomic E-state index is 0. The fourth-order valence-corrected chi connectivity index (χ4v) is 2.67. The van der Waals surface area contributed by atoms with E-state index in [1.54, 1.807) is 11.6 Å². The summed E-state index contributed by atoms with van der Waals surface area (Å²) in [5.74, 6) is 1.09. The Labute approximate surface area is 151 Å². The zero-order valence-electron chi connectivity index (χ0n) is 12.3. The SMILES string of the molecule is Cl.Cl.NC(CNC(=O)c1csc(Nc2ccccn2)n1)C1CC1. The molecule has 0 radical (unpaired) electrons. The molecule has 1 unspecified atom stereocenters. The number of amides is 1. The molecule has 0 spiro atoms. The van der Waals surface area contributed by atoms with Crippen molar-refractivity contribution in [1.29, 1.82) is 0 Å². The van der Waals surface area contributed by atoms with Crippen molar-refractivity contribution < 1.29 is 4.79 Å². The molecule has 2 heterocycles. The molecule has 4 N–H and O–H groups in total. The Bertz CT molecular complexity index is 621. The number of anilines is 2. The van der Waals surface area contributed by atoms with Crippen molar-refractivity contribution in [3.8, 4) is 0 Å². The lowest BCUT2D eigenvalue weighted by Crippen LogP contribution is -2.38. The molecule has 2 aromatic rings. The number of hydrogen-bond acceptors (Lipinski definition) is 6. The van der Waals surface area contributed by atoms with Gasteiger partial charge >= 0.3 is 0 Å². The summed E-state index contributed by atoms with van der Waals surface area (Å²) in [5.41, 5.74) is 6.36. The molecule has 1 saturated carbocycles. The van der Waals surface area contributed by atoms with E-state index >= 15 is 0 Å². The van der Waals surface area contributed by atoms with Crippen LogP contribution in [-0.4, -0.2) is 28.5 Å². The van der Waals surface area contributed by atoms with E-state index in [0.717, 1.165) is 0 Å². The van der Waals surface area contributed by atoms with Crippen molar-refractivity contribution >= 4 is 53.0 Å². The molecule has 0 bridgehead atoms. The van der Waals surface area contributed by atoms with E-state index in [1.165, 1.54) is 24.2 Å². The van der Waals surface area contributed by atoms with Crippen LogP contribution in [0, 0.1) is 5.92 Å². The van der Waals surface area contributed by atoms with Crippen LogP contribution in [0.3, 0.4) is 0 Å². The van der Waals surface area contributed by atoms with Crippen LogP contribution in [0.5, 0.6) is 0 Å². The highest BCUT2D eigenvalue weighted by Crippen LogP contribution is 2.31. The number of rotatable bonds is 6. The van der Waals surface area contributed by atoms with Crippen LogP contribution < -0.4 is 16.4 Å². The van der Waals surface area contributed by atoms with Crippen molar-refractivity contribution in [2.24, 2.45) is 11.7 Å². The van der Waals surface area contributed by atoms with E-state index in [9.17, 15) is 4.79 Å². The molecule has 0 saturated heterocycles. The summed E-state index contributed by atoms with van der Waals surface area (Å²) in [4.78, 5) is 20.4. The van der Waals surface area contributed by atoms with Crippen molar-refractivity contribution in [2.75, 3.05) is 11.9 Å². The van der Waals surface area contributed by atoms with Crippen LogP contribution in [0.2, 0.25) is 0 Å². The lowest BCUT2D eigenvalue weighted by Gasteiger charge is -2.10. The highest BCUT2D eigenvalue weighted by molar-refractivity contribution is 7.14. The first-order valence-electron chi connectivity index (χ1n) is 6.90. The Morgan fingerprint density at radius 3 is 2.83 bits per heavy atom. The molecule has 6 nitrogen and oxygen atoms in total. The van der Waals surface area contributed by atoms with Gasteiger partial charge in [-0.3, -0.25) is 4.79 Å². The highest BCUT2D eigenvalue weighted by Gasteiger charge is 2.28. The standard InChI is InChI=1S/C14H17N5OS.2ClH/c15-10(9-4-5-9)7-17-13(20)11-8-21-14(18-11)19-12-3-1-2-6-16-12;;/h1-3,6,8-10H,4-5,7,15H2,(H,17,20)(H,16,18,19);2*1H. The molecule has 126 valence electrons. The quantitative estimate of drug-likeness (QED) is 0.721. The Kier molecular flexibility index (Phi) is 7.70. The van der Waals surface area contributed by atoms with Gasteiger partial charge in [0.25, 0.3) is 5.91 Å². The molecule has 2 aromatic heterocycles. The number of nitrogens with zero attached hydrogens (tertiary/aromatic N) is 2. The predicted molar refractivity (Wildman–Crippen MR) is 97.2 cm³/mol. The smallest absolute Gasteiger partial charge is 0.270 e. The molecule has 1 amide bonds. The fraction of sp³-hybridized carbons (Fsp3) is 0.357. The van der Waals surface area contributed by atoms with Crippen LogP contribution in [0.15, 0.2) is 29.8 Å². The van der Waals surface area contributed by atoms with E-state index in [4.69, 9.17) is 5.73 Å². The van der Waals surface area contributed by atoms with Crippen LogP contribution in [0.25, 0.3) is 0 Å². The number of thiazole rings is 1. The Morgan fingerprint density at radius 2 is 2.17 bits per heavy atom. The second-order valence-electron chi connectivity index (χ2n) is 5.09. The van der Waals surface area contributed by atoms with Crippen LogP contribution in [0.1, 0.15) is 23.3 Å². The zero-order valence-corrected chi connectivity index (χ0v) is 14.7. The molecule has 3 rings (SSSR count). The number of carbonyl (C=O) groups excluding carboxylic acids is 1. The molecule has 1 aliphatic carbocycles. The van der Waals surface area contributed by atoms with Gasteiger partial charge in [0.2, 0.25) is 0 Å². The molecule has 9 heteroatoms. The average molecular weight is 376 g/mol. The Balaban J connectivity index is 0.00000132. The molecule has 1 aliphatic rings. The predicted octanol–water partition coefficient (Wildman–Crippen LogP) is 2.59. The third-order valence-electron chi connectivity index (χ3n) is 3.36. The van der Waals surface area contributed by atoms with E-state index in [1.807, 2.05) is 18.2 Å². The summed E-state index contributed by atoms with van der Waals surface area (Å²) in [6.07, 6.45) is 4.04. The van der Waals surface area contributed by atoms with Crippen LogP contribution in [-0.2, 0) is 0 Å². The largest absolute Gasteiger partial charge is 0.349 e. The maximum absolute atomic E-state index is 12.0. The number of halogens is 2. The summed E-state index contributed by atoms with van der Waals surface area (Å²) >= 11 is 1.37. The van der Waals surface area contributed by atoms with Gasteiger partial charge in [-0.15, -0.1) is 36.2 Å². The Morgan fingerprint density at radius 1 is 1.39 bits per heavy atom. The third kappa shape index (κ3) is 5.62. The van der Waals surface area contributed by atoms with Crippen molar-refractivity contribution in [1.82, 2.24) is 15.3 Å².